The maximum atomic E-state index is 13.1. The van der Waals surface area contributed by atoms with E-state index in [4.69, 9.17) is 0 Å². The van der Waals surface area contributed by atoms with Crippen LogP contribution >= 0.6 is 0 Å². The molecule has 0 atom stereocenters. The van der Waals surface area contributed by atoms with Gasteiger partial charge in [-0.25, -0.2) is 18.4 Å². The highest BCUT2D eigenvalue weighted by Gasteiger charge is 2.32. The van der Waals surface area contributed by atoms with E-state index in [1.807, 2.05) is 0 Å². The van der Waals surface area contributed by atoms with E-state index < -0.39 is 10.0 Å². The third kappa shape index (κ3) is 3.34. The lowest BCUT2D eigenvalue weighted by atomic mass is 10.3. The van der Waals surface area contributed by atoms with Crippen molar-refractivity contribution in [1.82, 2.24) is 29.0 Å². The van der Waals surface area contributed by atoms with Crippen molar-refractivity contribution in [1.29, 1.82) is 0 Å². The van der Waals surface area contributed by atoms with Gasteiger partial charge in [0.1, 0.15) is 4.90 Å². The van der Waals surface area contributed by atoms with E-state index in [1.165, 1.54) is 16.7 Å². The van der Waals surface area contributed by atoms with Gasteiger partial charge in [0.05, 0.1) is 11.4 Å². The Labute approximate surface area is 152 Å². The second-order valence-electron chi connectivity index (χ2n) is 6.25. The summed E-state index contributed by atoms with van der Waals surface area (Å²) < 4.78 is 29.2. The molecular weight excluding hydrogens is 356 g/mol. The van der Waals surface area contributed by atoms with Gasteiger partial charge in [0.25, 0.3) is 5.91 Å². The number of hydrogen-bond acceptors (Lipinski definition) is 6. The first-order valence-electron chi connectivity index (χ1n) is 8.39. The van der Waals surface area contributed by atoms with Crippen molar-refractivity contribution in [2.45, 2.75) is 25.2 Å². The molecule has 0 unspecified atom stereocenters. The average molecular weight is 378 g/mol. The van der Waals surface area contributed by atoms with Crippen LogP contribution in [0.1, 0.15) is 28.4 Å². The molecule has 0 spiro atoms. The molecule has 1 fully saturated rings. The van der Waals surface area contributed by atoms with Gasteiger partial charge >= 0.3 is 0 Å². The van der Waals surface area contributed by atoms with Crippen molar-refractivity contribution >= 4 is 15.9 Å². The van der Waals surface area contributed by atoms with Crippen LogP contribution in [0.15, 0.2) is 23.4 Å². The molecule has 140 valence electrons. The van der Waals surface area contributed by atoms with Crippen LogP contribution in [-0.2, 0) is 17.1 Å². The molecule has 0 aliphatic carbocycles. The molecule has 3 rings (SSSR count). The van der Waals surface area contributed by atoms with E-state index in [2.05, 4.69) is 15.1 Å². The number of aromatic nitrogens is 4. The van der Waals surface area contributed by atoms with Crippen LogP contribution in [0.4, 0.5) is 0 Å². The van der Waals surface area contributed by atoms with Crippen molar-refractivity contribution in [2.75, 3.05) is 26.2 Å². The van der Waals surface area contributed by atoms with Crippen molar-refractivity contribution in [3.8, 4) is 0 Å². The molecule has 9 nitrogen and oxygen atoms in total. The summed E-state index contributed by atoms with van der Waals surface area (Å²) in [5, 5.41) is 4.21. The van der Waals surface area contributed by atoms with Gasteiger partial charge in [0, 0.05) is 45.6 Å². The Morgan fingerprint density at radius 2 is 1.77 bits per heavy atom. The number of amides is 1. The molecule has 0 bridgehead atoms. The normalized spacial score (nSPS) is 16.5. The molecule has 0 radical (unpaired) electrons. The van der Waals surface area contributed by atoms with Crippen molar-refractivity contribution in [3.05, 3.63) is 35.7 Å². The summed E-state index contributed by atoms with van der Waals surface area (Å²) in [6.07, 6.45) is 3.59. The maximum absolute atomic E-state index is 13.1. The average Bonchev–Trinajstić information content (AvgIpc) is 2.81. The van der Waals surface area contributed by atoms with E-state index in [1.54, 1.807) is 36.5 Å². The zero-order valence-corrected chi connectivity index (χ0v) is 15.9. The standard InChI is InChI=1S/C16H22N6O3S/c1-12-14(13(2)20(3)19-12)26(24,25)22-9-5-8-21(10-11-22)16(23)15-17-6-4-7-18-15/h4,6-7H,5,8-11H2,1-3H3. The van der Waals surface area contributed by atoms with Crippen LogP contribution in [0, 0.1) is 13.8 Å². The predicted molar refractivity (Wildman–Crippen MR) is 94.0 cm³/mol. The number of nitrogens with zero attached hydrogens (tertiary/aromatic N) is 6. The number of carbonyl (C=O) groups excluding carboxylic acids is 1. The van der Waals surface area contributed by atoms with Crippen LogP contribution in [0.2, 0.25) is 0 Å². The molecule has 26 heavy (non-hydrogen) atoms. The summed E-state index contributed by atoms with van der Waals surface area (Å²) in [5.41, 5.74) is 1.09. The SMILES string of the molecule is Cc1nn(C)c(C)c1S(=O)(=O)N1CCCN(C(=O)c2ncccn2)CC1. The molecular formula is C16H22N6O3S. The third-order valence-corrected chi connectivity index (χ3v) is 6.69. The molecule has 0 saturated carbocycles. The Morgan fingerprint density at radius 1 is 1.08 bits per heavy atom. The van der Waals surface area contributed by atoms with E-state index in [9.17, 15) is 13.2 Å². The maximum Gasteiger partial charge on any atom is 0.291 e. The second kappa shape index (κ2) is 7.12. The molecule has 0 aromatic carbocycles. The minimum atomic E-state index is -3.66. The lowest BCUT2D eigenvalue weighted by molar-refractivity contribution is 0.0752. The zero-order chi connectivity index (χ0) is 18.9. The first kappa shape index (κ1) is 18.5. The first-order chi connectivity index (χ1) is 12.3. The lowest BCUT2D eigenvalue weighted by Gasteiger charge is -2.21. The summed E-state index contributed by atoms with van der Waals surface area (Å²) in [5.74, 6) is -0.152. The summed E-state index contributed by atoms with van der Waals surface area (Å²) in [7, 11) is -1.93. The predicted octanol–water partition coefficient (Wildman–Crippen LogP) is 0.364. The fourth-order valence-electron chi connectivity index (χ4n) is 3.14. The minimum Gasteiger partial charge on any atom is -0.335 e. The van der Waals surface area contributed by atoms with Crippen molar-refractivity contribution < 1.29 is 13.2 Å². The van der Waals surface area contributed by atoms with Crippen LogP contribution in [0.5, 0.6) is 0 Å². The highest BCUT2D eigenvalue weighted by molar-refractivity contribution is 7.89. The van der Waals surface area contributed by atoms with Crippen molar-refractivity contribution in [2.24, 2.45) is 7.05 Å². The quantitative estimate of drug-likeness (QED) is 0.764. The Hall–Kier alpha value is -2.33. The monoisotopic (exact) mass is 378 g/mol. The Morgan fingerprint density at radius 3 is 2.38 bits per heavy atom. The largest absolute Gasteiger partial charge is 0.335 e. The molecule has 3 heterocycles. The van der Waals surface area contributed by atoms with Gasteiger partial charge in [-0.05, 0) is 26.3 Å². The van der Waals surface area contributed by atoms with Gasteiger partial charge < -0.3 is 4.90 Å². The third-order valence-electron chi connectivity index (χ3n) is 4.54. The topological polar surface area (TPSA) is 101 Å². The molecule has 1 aliphatic rings. The van der Waals surface area contributed by atoms with E-state index in [0.717, 1.165) is 0 Å². The lowest BCUT2D eigenvalue weighted by Crippen LogP contribution is -2.38. The molecule has 10 heteroatoms. The van der Waals surface area contributed by atoms with E-state index in [-0.39, 0.29) is 23.2 Å². The fourth-order valence-corrected chi connectivity index (χ4v) is 5.01. The number of sulfonamides is 1. The number of aryl methyl sites for hydroxylation is 2. The van der Waals surface area contributed by atoms with Gasteiger partial charge in [-0.15, -0.1) is 0 Å². The Balaban J connectivity index is 1.79. The zero-order valence-electron chi connectivity index (χ0n) is 15.1. The van der Waals surface area contributed by atoms with Gasteiger partial charge in [-0.1, -0.05) is 0 Å². The highest BCUT2D eigenvalue weighted by Crippen LogP contribution is 2.24. The van der Waals surface area contributed by atoms with Crippen LogP contribution in [-0.4, -0.2) is 69.5 Å². The Bertz CT molecular complexity index is 910. The minimum absolute atomic E-state index is 0.128. The Kier molecular flexibility index (Phi) is 5.05. The van der Waals surface area contributed by atoms with E-state index in [0.29, 0.717) is 37.4 Å². The number of rotatable bonds is 3. The van der Waals surface area contributed by atoms with Gasteiger partial charge in [0.15, 0.2) is 0 Å². The highest BCUT2D eigenvalue weighted by atomic mass is 32.2. The first-order valence-corrected chi connectivity index (χ1v) is 9.83. The van der Waals surface area contributed by atoms with Crippen LogP contribution in [0.25, 0.3) is 0 Å². The molecule has 1 amide bonds. The van der Waals surface area contributed by atoms with E-state index >= 15 is 0 Å². The fraction of sp³-hybridized carbons (Fsp3) is 0.500. The molecule has 0 N–H and O–H groups in total. The summed E-state index contributed by atoms with van der Waals surface area (Å²) in [4.78, 5) is 22.3. The summed E-state index contributed by atoms with van der Waals surface area (Å²) >= 11 is 0. The van der Waals surface area contributed by atoms with Gasteiger partial charge in [-0.3, -0.25) is 9.48 Å². The summed E-state index contributed by atoms with van der Waals surface area (Å²) in [6.45, 7) is 4.79. The van der Waals surface area contributed by atoms with Gasteiger partial charge in [-0.2, -0.15) is 9.40 Å². The molecule has 1 aliphatic heterocycles. The molecule has 2 aromatic heterocycles. The van der Waals surface area contributed by atoms with Gasteiger partial charge in [0.2, 0.25) is 15.8 Å². The van der Waals surface area contributed by atoms with Crippen LogP contribution < -0.4 is 0 Å². The van der Waals surface area contributed by atoms with Crippen molar-refractivity contribution in [3.63, 3.8) is 0 Å². The molecule has 1 saturated heterocycles. The molecule has 2 aromatic rings. The van der Waals surface area contributed by atoms with Crippen LogP contribution in [0.3, 0.4) is 0 Å². The smallest absolute Gasteiger partial charge is 0.291 e. The summed E-state index contributed by atoms with van der Waals surface area (Å²) in [6, 6.07) is 1.64. The number of carbonyl (C=O) groups is 1. The number of hydrogen-bond donors (Lipinski definition) is 0. The second-order valence-corrected chi connectivity index (χ2v) is 8.12.